The summed E-state index contributed by atoms with van der Waals surface area (Å²) >= 11 is 0. The van der Waals surface area contributed by atoms with Crippen LogP contribution in [-0.4, -0.2) is 11.8 Å². The molecular weight excluding hydrogens is 276 g/mol. The Bertz CT molecular complexity index is 707. The van der Waals surface area contributed by atoms with E-state index in [-0.39, 0.29) is 18.2 Å². The molecule has 1 aliphatic heterocycles. The molecule has 22 heavy (non-hydrogen) atoms. The van der Waals surface area contributed by atoms with Crippen molar-refractivity contribution < 1.29 is 9.59 Å². The Morgan fingerprint density at radius 2 is 1.91 bits per heavy atom. The van der Waals surface area contributed by atoms with Crippen LogP contribution in [-0.2, 0) is 16.0 Å². The molecule has 1 aliphatic rings. The van der Waals surface area contributed by atoms with Crippen molar-refractivity contribution >= 4 is 23.2 Å². The predicted octanol–water partition coefficient (Wildman–Crippen LogP) is 3.31. The largest absolute Gasteiger partial charge is 0.326 e. The number of nitrogens with one attached hydrogen (secondary N) is 2. The molecule has 0 saturated carbocycles. The van der Waals surface area contributed by atoms with Crippen LogP contribution in [0.4, 0.5) is 11.4 Å². The fourth-order valence-corrected chi connectivity index (χ4v) is 2.70. The van der Waals surface area contributed by atoms with Gasteiger partial charge in [-0.1, -0.05) is 37.3 Å². The number of hydrogen-bond donors (Lipinski definition) is 2. The maximum absolute atomic E-state index is 12.5. The topological polar surface area (TPSA) is 58.2 Å². The molecule has 0 aliphatic carbocycles. The summed E-state index contributed by atoms with van der Waals surface area (Å²) in [6.07, 6.45) is 1.14. The monoisotopic (exact) mass is 294 g/mol. The summed E-state index contributed by atoms with van der Waals surface area (Å²) in [6.45, 7) is 2.09. The van der Waals surface area contributed by atoms with Gasteiger partial charge in [-0.2, -0.15) is 0 Å². The molecule has 2 N–H and O–H groups in total. The summed E-state index contributed by atoms with van der Waals surface area (Å²) < 4.78 is 0. The number of benzene rings is 2. The summed E-state index contributed by atoms with van der Waals surface area (Å²) in [5.74, 6) is -0.720. The molecule has 0 unspecified atom stereocenters. The number of carbonyl (C=O) groups excluding carboxylic acids is 2. The number of fused-ring (bicyclic) bond motifs is 1. The SMILES string of the molecule is CCc1ccc(NC(=O)[C@H]2CC(=O)Nc3ccccc32)cc1. The van der Waals surface area contributed by atoms with Crippen molar-refractivity contribution in [2.24, 2.45) is 0 Å². The van der Waals surface area contributed by atoms with Gasteiger partial charge in [0.05, 0.1) is 5.92 Å². The highest BCUT2D eigenvalue weighted by molar-refractivity contribution is 6.05. The second kappa shape index (κ2) is 6.02. The average Bonchev–Trinajstić information content (AvgIpc) is 2.54. The number of carbonyl (C=O) groups is 2. The molecule has 0 aromatic heterocycles. The van der Waals surface area contributed by atoms with Crippen molar-refractivity contribution in [2.45, 2.75) is 25.7 Å². The number of anilines is 2. The van der Waals surface area contributed by atoms with Gasteiger partial charge in [-0.05, 0) is 35.7 Å². The smallest absolute Gasteiger partial charge is 0.232 e. The van der Waals surface area contributed by atoms with Gasteiger partial charge in [0, 0.05) is 17.8 Å². The van der Waals surface area contributed by atoms with Crippen molar-refractivity contribution in [3.05, 3.63) is 59.7 Å². The number of amides is 2. The fourth-order valence-electron chi connectivity index (χ4n) is 2.70. The summed E-state index contributed by atoms with van der Waals surface area (Å²) in [7, 11) is 0. The molecule has 0 fully saturated rings. The zero-order chi connectivity index (χ0) is 15.5. The van der Waals surface area contributed by atoms with E-state index in [1.807, 2.05) is 48.5 Å². The van der Waals surface area contributed by atoms with Gasteiger partial charge in [0.25, 0.3) is 0 Å². The van der Waals surface area contributed by atoms with Gasteiger partial charge < -0.3 is 10.6 Å². The van der Waals surface area contributed by atoms with Crippen LogP contribution in [0.2, 0.25) is 0 Å². The number of hydrogen-bond acceptors (Lipinski definition) is 2. The maximum Gasteiger partial charge on any atom is 0.232 e. The highest BCUT2D eigenvalue weighted by Crippen LogP contribution is 2.32. The minimum Gasteiger partial charge on any atom is -0.326 e. The highest BCUT2D eigenvalue weighted by atomic mass is 16.2. The van der Waals surface area contributed by atoms with Crippen molar-refractivity contribution in [2.75, 3.05) is 10.6 Å². The van der Waals surface area contributed by atoms with Crippen LogP contribution < -0.4 is 10.6 Å². The van der Waals surface area contributed by atoms with E-state index in [2.05, 4.69) is 17.6 Å². The fraction of sp³-hybridized carbons (Fsp3) is 0.222. The minimum atomic E-state index is -0.448. The van der Waals surface area contributed by atoms with Gasteiger partial charge in [-0.25, -0.2) is 0 Å². The maximum atomic E-state index is 12.5. The molecule has 2 aromatic carbocycles. The van der Waals surface area contributed by atoms with Crippen molar-refractivity contribution in [1.29, 1.82) is 0 Å². The Hall–Kier alpha value is -2.62. The first kappa shape index (κ1) is 14.3. The van der Waals surface area contributed by atoms with Crippen LogP contribution in [0, 0.1) is 0 Å². The summed E-state index contributed by atoms with van der Waals surface area (Å²) in [6, 6.07) is 15.2. The lowest BCUT2D eigenvalue weighted by molar-refractivity contribution is -0.123. The van der Waals surface area contributed by atoms with E-state index in [1.165, 1.54) is 5.56 Å². The number of rotatable bonds is 3. The highest BCUT2D eigenvalue weighted by Gasteiger charge is 2.30. The van der Waals surface area contributed by atoms with Crippen molar-refractivity contribution in [3.8, 4) is 0 Å². The van der Waals surface area contributed by atoms with Gasteiger partial charge >= 0.3 is 0 Å². The van der Waals surface area contributed by atoms with Crippen molar-refractivity contribution in [1.82, 2.24) is 0 Å². The molecule has 0 spiro atoms. The first-order chi connectivity index (χ1) is 10.7. The number of para-hydroxylation sites is 1. The summed E-state index contributed by atoms with van der Waals surface area (Å²) in [5.41, 5.74) is 3.57. The molecule has 0 bridgehead atoms. The normalized spacial score (nSPS) is 16.6. The van der Waals surface area contributed by atoms with Gasteiger partial charge in [0.2, 0.25) is 11.8 Å². The lowest BCUT2D eigenvalue weighted by atomic mass is 9.90. The van der Waals surface area contributed by atoms with Gasteiger partial charge in [-0.3, -0.25) is 9.59 Å². The summed E-state index contributed by atoms with van der Waals surface area (Å²) in [5, 5.41) is 5.71. The van der Waals surface area contributed by atoms with E-state index in [4.69, 9.17) is 0 Å². The van der Waals surface area contributed by atoms with Crippen LogP contribution >= 0.6 is 0 Å². The third kappa shape index (κ3) is 2.86. The average molecular weight is 294 g/mol. The second-order valence-corrected chi connectivity index (χ2v) is 5.43. The Kier molecular flexibility index (Phi) is 3.92. The predicted molar refractivity (Wildman–Crippen MR) is 86.9 cm³/mol. The molecule has 112 valence electrons. The lowest BCUT2D eigenvalue weighted by Gasteiger charge is -2.24. The van der Waals surface area contributed by atoms with Crippen LogP contribution in [0.3, 0.4) is 0 Å². The second-order valence-electron chi connectivity index (χ2n) is 5.43. The van der Waals surface area contributed by atoms with E-state index < -0.39 is 5.92 Å². The van der Waals surface area contributed by atoms with Crippen LogP contribution in [0.15, 0.2) is 48.5 Å². The zero-order valence-corrected chi connectivity index (χ0v) is 12.4. The molecule has 2 aromatic rings. The Labute approximate surface area is 129 Å². The molecule has 0 radical (unpaired) electrons. The van der Waals surface area contributed by atoms with E-state index in [0.717, 1.165) is 23.4 Å². The Balaban J connectivity index is 1.81. The van der Waals surface area contributed by atoms with Crippen LogP contribution in [0.25, 0.3) is 0 Å². The molecule has 4 heteroatoms. The third-order valence-electron chi connectivity index (χ3n) is 3.95. The zero-order valence-electron chi connectivity index (χ0n) is 12.4. The van der Waals surface area contributed by atoms with E-state index in [1.54, 1.807) is 0 Å². The molecule has 3 rings (SSSR count). The number of aryl methyl sites for hydroxylation is 1. The molecular formula is C18H18N2O2. The quantitative estimate of drug-likeness (QED) is 0.912. The molecule has 4 nitrogen and oxygen atoms in total. The Morgan fingerprint density at radius 1 is 1.18 bits per heavy atom. The van der Waals surface area contributed by atoms with Crippen molar-refractivity contribution in [3.63, 3.8) is 0 Å². The third-order valence-corrected chi connectivity index (χ3v) is 3.95. The molecule has 1 atom stereocenters. The minimum absolute atomic E-state index is 0.125. The van der Waals surface area contributed by atoms with Gasteiger partial charge in [0.15, 0.2) is 0 Å². The van der Waals surface area contributed by atoms with E-state index >= 15 is 0 Å². The van der Waals surface area contributed by atoms with E-state index in [0.29, 0.717) is 0 Å². The van der Waals surface area contributed by atoms with Gasteiger partial charge in [0.1, 0.15) is 0 Å². The van der Waals surface area contributed by atoms with Crippen LogP contribution in [0.1, 0.15) is 30.4 Å². The molecule has 2 amide bonds. The first-order valence-electron chi connectivity index (χ1n) is 7.46. The lowest BCUT2D eigenvalue weighted by Crippen LogP contribution is -2.30. The molecule has 1 heterocycles. The summed E-state index contributed by atoms with van der Waals surface area (Å²) in [4.78, 5) is 24.3. The van der Waals surface area contributed by atoms with E-state index in [9.17, 15) is 9.59 Å². The van der Waals surface area contributed by atoms with Crippen LogP contribution in [0.5, 0.6) is 0 Å². The standard InChI is InChI=1S/C18H18N2O2/c1-2-12-7-9-13(10-8-12)19-18(22)15-11-17(21)20-16-6-4-3-5-14(15)16/h3-10,15H,2,11H2,1H3,(H,19,22)(H,20,21)/t15-/m0/s1. The molecule has 0 saturated heterocycles. The Morgan fingerprint density at radius 3 is 2.64 bits per heavy atom. The first-order valence-corrected chi connectivity index (χ1v) is 7.46. The van der Waals surface area contributed by atoms with Gasteiger partial charge in [-0.15, -0.1) is 0 Å².